The number of nitrogen functional groups attached to an aromatic ring is 1. The highest BCUT2D eigenvalue weighted by molar-refractivity contribution is 6.83. The largest absolute Gasteiger partial charge is 0.399 e. The zero-order valence-corrected chi connectivity index (χ0v) is 10.3. The summed E-state index contributed by atoms with van der Waals surface area (Å²) in [6, 6.07) is 7.30. The maximum Gasteiger partial charge on any atom is 0.129 e. The van der Waals surface area contributed by atoms with Crippen molar-refractivity contribution in [3.05, 3.63) is 29.3 Å². The van der Waals surface area contributed by atoms with Crippen molar-refractivity contribution in [3.63, 3.8) is 0 Å². The Hall–Kier alpha value is -1.71. The van der Waals surface area contributed by atoms with Gasteiger partial charge < -0.3 is 5.73 Å². The van der Waals surface area contributed by atoms with Gasteiger partial charge in [-0.2, -0.15) is 5.26 Å². The van der Waals surface area contributed by atoms with Crippen LogP contribution in [0.2, 0.25) is 19.6 Å². The van der Waals surface area contributed by atoms with Gasteiger partial charge in [-0.1, -0.05) is 25.6 Å². The van der Waals surface area contributed by atoms with Gasteiger partial charge in [0.1, 0.15) is 14.1 Å². The third-order valence-electron chi connectivity index (χ3n) is 1.74. The lowest BCUT2D eigenvalue weighted by Gasteiger charge is -2.04. The Labute approximate surface area is 91.7 Å². The molecular formula is C12H14N2Si. The SMILES string of the molecule is C[Si](C)(C)C#Cc1cc(N)ccc1C#N. The summed E-state index contributed by atoms with van der Waals surface area (Å²) in [7, 11) is -1.40. The molecule has 0 radical (unpaired) electrons. The molecule has 0 spiro atoms. The quantitative estimate of drug-likeness (QED) is 0.409. The van der Waals surface area contributed by atoms with E-state index in [0.29, 0.717) is 11.3 Å². The maximum absolute atomic E-state index is 8.89. The molecule has 76 valence electrons. The first kappa shape index (κ1) is 11.4. The Kier molecular flexibility index (Phi) is 3.19. The number of hydrogen-bond donors (Lipinski definition) is 1. The molecule has 2 nitrogen and oxygen atoms in total. The molecule has 0 bridgehead atoms. The summed E-state index contributed by atoms with van der Waals surface area (Å²) in [5.74, 6) is 3.05. The normalized spacial score (nSPS) is 10.0. The standard InChI is InChI=1S/C12H14N2Si/c1-15(2,3)7-6-10-8-12(14)5-4-11(10)9-13/h4-5,8H,14H2,1-3H3. The summed E-state index contributed by atoms with van der Waals surface area (Å²) in [4.78, 5) is 0. The van der Waals surface area contributed by atoms with E-state index < -0.39 is 8.07 Å². The second kappa shape index (κ2) is 4.21. The van der Waals surface area contributed by atoms with Gasteiger partial charge in [0.05, 0.1) is 5.56 Å². The van der Waals surface area contributed by atoms with Gasteiger partial charge in [0.15, 0.2) is 0 Å². The number of hydrogen-bond acceptors (Lipinski definition) is 2. The third kappa shape index (κ3) is 3.50. The van der Waals surface area contributed by atoms with E-state index in [0.717, 1.165) is 5.56 Å². The molecular weight excluding hydrogens is 200 g/mol. The maximum atomic E-state index is 8.89. The first-order chi connectivity index (χ1) is 6.92. The number of nitrogens with zero attached hydrogens (tertiary/aromatic N) is 1. The van der Waals surface area contributed by atoms with Crippen LogP contribution in [0, 0.1) is 22.8 Å². The highest BCUT2D eigenvalue weighted by Gasteiger charge is 2.08. The summed E-state index contributed by atoms with van der Waals surface area (Å²) in [5.41, 5.74) is 10.9. The first-order valence-corrected chi connectivity index (χ1v) is 8.25. The molecule has 0 amide bonds. The second-order valence-electron chi connectivity index (χ2n) is 4.42. The Bertz CT molecular complexity index is 467. The topological polar surface area (TPSA) is 49.8 Å². The van der Waals surface area contributed by atoms with Crippen LogP contribution in [0.5, 0.6) is 0 Å². The summed E-state index contributed by atoms with van der Waals surface area (Å²) in [5, 5.41) is 8.89. The van der Waals surface area contributed by atoms with E-state index in [4.69, 9.17) is 11.0 Å². The van der Waals surface area contributed by atoms with Gasteiger partial charge in [-0.25, -0.2) is 0 Å². The molecule has 0 aliphatic carbocycles. The predicted octanol–water partition coefficient (Wildman–Crippen LogP) is 2.37. The van der Waals surface area contributed by atoms with Crippen LogP contribution in [-0.2, 0) is 0 Å². The number of rotatable bonds is 0. The van der Waals surface area contributed by atoms with E-state index in [-0.39, 0.29) is 0 Å². The van der Waals surface area contributed by atoms with Gasteiger partial charge in [0, 0.05) is 11.3 Å². The van der Waals surface area contributed by atoms with E-state index in [1.165, 1.54) is 0 Å². The van der Waals surface area contributed by atoms with Gasteiger partial charge in [-0.15, -0.1) is 5.54 Å². The lowest BCUT2D eigenvalue weighted by molar-refractivity contribution is 1.47. The van der Waals surface area contributed by atoms with Crippen molar-refractivity contribution in [1.29, 1.82) is 5.26 Å². The molecule has 0 atom stereocenters. The Morgan fingerprint density at radius 2 is 1.87 bits per heavy atom. The molecule has 0 saturated heterocycles. The fourth-order valence-corrected chi connectivity index (χ4v) is 1.53. The fourth-order valence-electron chi connectivity index (χ4n) is 1.02. The minimum absolute atomic E-state index is 0.593. The molecule has 1 rings (SSSR count). The van der Waals surface area contributed by atoms with Crippen molar-refractivity contribution in [2.24, 2.45) is 0 Å². The molecule has 0 unspecified atom stereocenters. The van der Waals surface area contributed by atoms with Crippen molar-refractivity contribution in [2.45, 2.75) is 19.6 Å². The predicted molar refractivity (Wildman–Crippen MR) is 65.8 cm³/mol. The van der Waals surface area contributed by atoms with Crippen LogP contribution < -0.4 is 5.73 Å². The highest BCUT2D eigenvalue weighted by Crippen LogP contribution is 2.11. The Morgan fingerprint density at radius 1 is 1.20 bits per heavy atom. The molecule has 0 heterocycles. The van der Waals surface area contributed by atoms with Gasteiger partial charge >= 0.3 is 0 Å². The number of nitrogens with two attached hydrogens (primary N) is 1. The zero-order chi connectivity index (χ0) is 11.5. The van der Waals surface area contributed by atoms with Crippen molar-refractivity contribution in [3.8, 4) is 17.5 Å². The van der Waals surface area contributed by atoms with Crippen LogP contribution in [0.1, 0.15) is 11.1 Å². The smallest absolute Gasteiger partial charge is 0.129 e. The van der Waals surface area contributed by atoms with E-state index in [1.807, 2.05) is 0 Å². The van der Waals surface area contributed by atoms with Crippen LogP contribution in [0.15, 0.2) is 18.2 Å². The Balaban J connectivity index is 3.19. The van der Waals surface area contributed by atoms with E-state index in [1.54, 1.807) is 18.2 Å². The van der Waals surface area contributed by atoms with Crippen LogP contribution in [0.3, 0.4) is 0 Å². The molecule has 3 heteroatoms. The molecule has 0 aliphatic heterocycles. The number of anilines is 1. The number of benzene rings is 1. The zero-order valence-electron chi connectivity index (χ0n) is 9.26. The van der Waals surface area contributed by atoms with E-state index in [9.17, 15) is 0 Å². The van der Waals surface area contributed by atoms with Crippen molar-refractivity contribution in [2.75, 3.05) is 5.73 Å². The molecule has 2 N–H and O–H groups in total. The minimum Gasteiger partial charge on any atom is -0.399 e. The van der Waals surface area contributed by atoms with Gasteiger partial charge in [-0.3, -0.25) is 0 Å². The van der Waals surface area contributed by atoms with Gasteiger partial charge in [-0.05, 0) is 18.2 Å². The van der Waals surface area contributed by atoms with Gasteiger partial charge in [0.2, 0.25) is 0 Å². The van der Waals surface area contributed by atoms with Gasteiger partial charge in [0.25, 0.3) is 0 Å². The molecule has 0 fully saturated rings. The lowest BCUT2D eigenvalue weighted by Crippen LogP contribution is -2.16. The van der Waals surface area contributed by atoms with Crippen LogP contribution >= 0.6 is 0 Å². The average Bonchev–Trinajstić information content (AvgIpc) is 2.14. The monoisotopic (exact) mass is 214 g/mol. The first-order valence-electron chi connectivity index (χ1n) is 4.75. The third-order valence-corrected chi connectivity index (χ3v) is 2.61. The van der Waals surface area contributed by atoms with Crippen LogP contribution in [0.25, 0.3) is 0 Å². The van der Waals surface area contributed by atoms with Crippen molar-refractivity contribution in [1.82, 2.24) is 0 Å². The summed E-state index contributed by atoms with van der Waals surface area (Å²) in [6.07, 6.45) is 0. The van der Waals surface area contributed by atoms with Crippen LogP contribution in [-0.4, -0.2) is 8.07 Å². The second-order valence-corrected chi connectivity index (χ2v) is 9.17. The highest BCUT2D eigenvalue weighted by atomic mass is 28.3. The summed E-state index contributed by atoms with van der Waals surface area (Å²) >= 11 is 0. The summed E-state index contributed by atoms with van der Waals surface area (Å²) in [6.45, 7) is 6.50. The van der Waals surface area contributed by atoms with E-state index in [2.05, 4.69) is 37.2 Å². The fraction of sp³-hybridized carbons (Fsp3) is 0.250. The van der Waals surface area contributed by atoms with Crippen molar-refractivity contribution >= 4 is 13.8 Å². The minimum atomic E-state index is -1.40. The molecule has 0 aromatic heterocycles. The molecule has 1 aromatic rings. The molecule has 1 aromatic carbocycles. The Morgan fingerprint density at radius 3 is 2.40 bits per heavy atom. The average molecular weight is 214 g/mol. The number of nitriles is 1. The van der Waals surface area contributed by atoms with Crippen LogP contribution in [0.4, 0.5) is 5.69 Å². The molecule has 0 saturated carbocycles. The van der Waals surface area contributed by atoms with Crippen molar-refractivity contribution < 1.29 is 0 Å². The molecule has 0 aliphatic rings. The lowest BCUT2D eigenvalue weighted by atomic mass is 10.1. The summed E-state index contributed by atoms with van der Waals surface area (Å²) < 4.78 is 0. The van der Waals surface area contributed by atoms with E-state index >= 15 is 0 Å². The molecule has 15 heavy (non-hydrogen) atoms.